The van der Waals surface area contributed by atoms with Crippen LogP contribution in [0.4, 0.5) is 0 Å². The first-order valence-electron chi connectivity index (χ1n) is 20.6. The normalized spacial score (nSPS) is 13.2. The zero-order chi connectivity index (χ0) is 40.5. The van der Waals surface area contributed by atoms with Gasteiger partial charge in [0.1, 0.15) is 11.2 Å². The summed E-state index contributed by atoms with van der Waals surface area (Å²) in [7, 11) is 0. The Labute approximate surface area is 343 Å². The maximum Gasteiger partial charge on any atom is 0.145 e. The molecular weight excluding hydrogens is 721 g/mol. The molecule has 0 amide bonds. The highest BCUT2D eigenvalue weighted by molar-refractivity contribution is 6.24. The van der Waals surface area contributed by atoms with Gasteiger partial charge in [-0.25, -0.2) is 0 Å². The fourth-order valence-electron chi connectivity index (χ4n) is 9.86. The third-order valence-corrected chi connectivity index (χ3v) is 12.9. The van der Waals surface area contributed by atoms with Gasteiger partial charge in [0, 0.05) is 38.7 Å². The Morgan fingerprint density at radius 1 is 0.593 bits per heavy atom. The van der Waals surface area contributed by atoms with Crippen LogP contribution < -0.4 is 0 Å². The van der Waals surface area contributed by atoms with Crippen LogP contribution >= 0.6 is 0 Å². The van der Waals surface area contributed by atoms with Crippen LogP contribution in [0.1, 0.15) is 74.9 Å². The van der Waals surface area contributed by atoms with Crippen LogP contribution in [0.2, 0.25) is 0 Å². The highest BCUT2D eigenvalue weighted by atomic mass is 16.3. The number of para-hydroxylation sites is 1. The Kier molecular flexibility index (Phi) is 7.36. The summed E-state index contributed by atoms with van der Waals surface area (Å²) in [5.74, 6) is 0. The van der Waals surface area contributed by atoms with Crippen molar-refractivity contribution in [3.63, 3.8) is 0 Å². The van der Waals surface area contributed by atoms with Gasteiger partial charge in [0.05, 0.1) is 50.5 Å². The number of nitrogens with one attached hydrogen (secondary N) is 1. The van der Waals surface area contributed by atoms with Crippen LogP contribution in [0, 0.1) is 16.7 Å². The Hall–Kier alpha value is -6.90. The number of benzene rings is 7. The highest BCUT2D eigenvalue weighted by Crippen LogP contribution is 2.47. The lowest BCUT2D eigenvalue weighted by molar-refractivity contribution is 0.591. The molecule has 1 aliphatic rings. The summed E-state index contributed by atoms with van der Waals surface area (Å²) in [6.45, 7) is 13.6. The van der Waals surface area contributed by atoms with Crippen LogP contribution in [0.25, 0.3) is 88.1 Å². The largest absolute Gasteiger partial charge is 0.455 e. The van der Waals surface area contributed by atoms with Gasteiger partial charge in [-0.15, -0.1) is 0 Å². The first-order chi connectivity index (χ1) is 28.4. The predicted octanol–water partition coefficient (Wildman–Crippen LogP) is 14.0. The molecule has 0 saturated carbocycles. The van der Waals surface area contributed by atoms with Gasteiger partial charge in [0.25, 0.3) is 0 Å². The highest BCUT2D eigenvalue weighted by Gasteiger charge is 2.28. The van der Waals surface area contributed by atoms with Crippen molar-refractivity contribution in [3.05, 3.63) is 155 Å². The minimum Gasteiger partial charge on any atom is -0.455 e. The Balaban J connectivity index is 1.31. The van der Waals surface area contributed by atoms with Crippen LogP contribution in [-0.2, 0) is 23.7 Å². The smallest absolute Gasteiger partial charge is 0.145 e. The first kappa shape index (κ1) is 35.3. The second-order valence-electron chi connectivity index (χ2n) is 18.4. The van der Waals surface area contributed by atoms with Gasteiger partial charge in [0.2, 0.25) is 0 Å². The molecule has 10 aromatic rings. The van der Waals surface area contributed by atoms with Crippen molar-refractivity contribution in [2.24, 2.45) is 0 Å². The zero-order valence-electron chi connectivity index (χ0n) is 34.3. The number of rotatable bonds is 3. The van der Waals surface area contributed by atoms with E-state index in [-0.39, 0.29) is 10.8 Å². The molecule has 0 radical (unpaired) electrons. The third kappa shape index (κ3) is 5.06. The van der Waals surface area contributed by atoms with Crippen molar-refractivity contribution in [3.8, 4) is 28.6 Å². The van der Waals surface area contributed by atoms with E-state index in [1.807, 2.05) is 24.3 Å². The summed E-state index contributed by atoms with van der Waals surface area (Å²) in [5, 5.41) is 26.0. The minimum atomic E-state index is -0.0775. The standard InChI is InChI=1S/C54H44N4O/c1-53(2,3)34-16-21-43-41(27-34)50-39-18-15-31-11-7-8-12-36(31)37(39)19-23-45(50)57(43)47-25-32(29-55)33(30-56)26-48(47)58-44-22-17-35(54(4,5)6)28-42(44)51-46(58)24-20-40-38-13-9-10-14-49(38)59-52(40)51/h7-14,16-17,19-28,30,56H,15,18H2,1-6H3. The molecule has 0 saturated heterocycles. The van der Waals surface area contributed by atoms with Gasteiger partial charge in [0.15, 0.2) is 0 Å². The van der Waals surface area contributed by atoms with Crippen LogP contribution in [0.15, 0.2) is 126 Å². The monoisotopic (exact) mass is 764 g/mol. The lowest BCUT2D eigenvalue weighted by atomic mass is 9.82. The van der Waals surface area contributed by atoms with E-state index in [1.165, 1.54) is 50.4 Å². The van der Waals surface area contributed by atoms with Crippen molar-refractivity contribution >= 4 is 71.8 Å². The number of hydrogen-bond acceptors (Lipinski definition) is 3. The topological polar surface area (TPSA) is 70.6 Å². The van der Waals surface area contributed by atoms with E-state index in [2.05, 4.69) is 154 Å². The minimum absolute atomic E-state index is 0.0499. The van der Waals surface area contributed by atoms with Gasteiger partial charge < -0.3 is 19.0 Å². The van der Waals surface area contributed by atoms with Crippen molar-refractivity contribution in [2.45, 2.75) is 65.2 Å². The molecule has 59 heavy (non-hydrogen) atoms. The number of furan rings is 1. The maximum absolute atomic E-state index is 10.7. The molecule has 0 aliphatic heterocycles. The van der Waals surface area contributed by atoms with Gasteiger partial charge in [-0.2, -0.15) is 5.26 Å². The fourth-order valence-corrected chi connectivity index (χ4v) is 9.86. The molecule has 0 unspecified atom stereocenters. The molecular formula is C54H44N4O. The van der Waals surface area contributed by atoms with E-state index in [0.29, 0.717) is 11.1 Å². The van der Waals surface area contributed by atoms with E-state index in [0.717, 1.165) is 79.0 Å². The fraction of sp³-hybridized carbons (Fsp3) is 0.185. The average Bonchev–Trinajstić information content (AvgIpc) is 3.89. The molecule has 5 nitrogen and oxygen atoms in total. The molecule has 3 heterocycles. The molecule has 1 aliphatic carbocycles. The van der Waals surface area contributed by atoms with E-state index >= 15 is 0 Å². The summed E-state index contributed by atoms with van der Waals surface area (Å²) >= 11 is 0. The molecule has 1 N–H and O–H groups in total. The van der Waals surface area contributed by atoms with Gasteiger partial charge in [-0.05, 0) is 118 Å². The number of nitrogens with zero attached hydrogens (tertiary/aromatic N) is 3. The summed E-state index contributed by atoms with van der Waals surface area (Å²) in [4.78, 5) is 0. The average molecular weight is 765 g/mol. The molecule has 7 aromatic carbocycles. The van der Waals surface area contributed by atoms with Gasteiger partial charge in [-0.3, -0.25) is 0 Å². The summed E-state index contributed by atoms with van der Waals surface area (Å²) in [6, 6.07) is 46.3. The van der Waals surface area contributed by atoms with Crippen LogP contribution in [0.3, 0.4) is 0 Å². The molecule has 0 bridgehead atoms. The quantitative estimate of drug-likeness (QED) is 0.182. The van der Waals surface area contributed by atoms with E-state index in [1.54, 1.807) is 0 Å². The number of aryl methyl sites for hydroxylation is 2. The number of hydrogen-bond donors (Lipinski definition) is 1. The molecule has 0 fully saturated rings. The lowest BCUT2D eigenvalue weighted by Crippen LogP contribution is -2.11. The van der Waals surface area contributed by atoms with Crippen molar-refractivity contribution in [1.29, 1.82) is 10.7 Å². The van der Waals surface area contributed by atoms with Gasteiger partial charge in [-0.1, -0.05) is 102 Å². The van der Waals surface area contributed by atoms with Crippen LogP contribution in [0.5, 0.6) is 0 Å². The van der Waals surface area contributed by atoms with Crippen molar-refractivity contribution < 1.29 is 4.42 Å². The van der Waals surface area contributed by atoms with Gasteiger partial charge >= 0.3 is 0 Å². The summed E-state index contributed by atoms with van der Waals surface area (Å²) in [5.41, 5.74) is 16.5. The Bertz CT molecular complexity index is 3490. The molecule has 0 atom stereocenters. The SMILES string of the molecule is CC(C)(C)c1ccc2c(c1)c1c3c(ccc1n2-c1cc(C#N)c(C=N)cc1-n1c2ccc(C(C)(C)C)cc2c2c4oc5ccccc5c4ccc21)-c1ccccc1CC3. The molecule has 3 aromatic heterocycles. The molecule has 11 rings (SSSR count). The first-order valence-corrected chi connectivity index (χ1v) is 20.6. The summed E-state index contributed by atoms with van der Waals surface area (Å²) in [6.07, 6.45) is 3.24. The Morgan fingerprint density at radius 3 is 1.90 bits per heavy atom. The Morgan fingerprint density at radius 2 is 1.20 bits per heavy atom. The molecule has 0 spiro atoms. The van der Waals surface area contributed by atoms with E-state index < -0.39 is 0 Å². The van der Waals surface area contributed by atoms with Crippen molar-refractivity contribution in [2.75, 3.05) is 0 Å². The van der Waals surface area contributed by atoms with Crippen molar-refractivity contribution in [1.82, 2.24) is 9.13 Å². The number of aromatic nitrogens is 2. The number of fused-ring (bicyclic) bond motifs is 14. The second-order valence-corrected chi connectivity index (χ2v) is 18.4. The third-order valence-electron chi connectivity index (χ3n) is 12.9. The van der Waals surface area contributed by atoms with E-state index in [9.17, 15) is 5.26 Å². The number of nitriles is 1. The predicted molar refractivity (Wildman–Crippen MR) is 245 cm³/mol. The lowest BCUT2D eigenvalue weighted by Gasteiger charge is -2.22. The zero-order valence-corrected chi connectivity index (χ0v) is 34.3. The van der Waals surface area contributed by atoms with E-state index in [4.69, 9.17) is 9.83 Å². The molecule has 286 valence electrons. The van der Waals surface area contributed by atoms with Crippen LogP contribution in [-0.4, -0.2) is 15.3 Å². The second kappa shape index (κ2) is 12.3. The molecule has 5 heteroatoms. The summed E-state index contributed by atoms with van der Waals surface area (Å²) < 4.78 is 11.5. The maximum atomic E-state index is 10.7.